The minimum atomic E-state index is -0.648. The van der Waals surface area contributed by atoms with Crippen LogP contribution in [-0.4, -0.2) is 46.5 Å². The number of nitrogens with zero attached hydrogens (tertiary/aromatic N) is 2. The Morgan fingerprint density at radius 1 is 0.365 bits per heavy atom. The summed E-state index contributed by atoms with van der Waals surface area (Å²) in [6, 6.07) is 17.2. The molecular weight excluding hydrogens is 1360 g/mol. The van der Waals surface area contributed by atoms with Gasteiger partial charge in [0.15, 0.2) is 0 Å². The molecule has 506 valence electrons. The Bertz CT molecular complexity index is 4440. The number of imide groups is 2. The van der Waals surface area contributed by atoms with Gasteiger partial charge in [-0.2, -0.15) is 0 Å². The third kappa shape index (κ3) is 13.5. The van der Waals surface area contributed by atoms with Crippen molar-refractivity contribution in [2.24, 2.45) is 23.7 Å². The number of thiophene rings is 8. The van der Waals surface area contributed by atoms with E-state index in [0.717, 1.165) is 168 Å². The van der Waals surface area contributed by atoms with Gasteiger partial charge in [-0.05, 0) is 124 Å². The Labute approximate surface area is 594 Å². The summed E-state index contributed by atoms with van der Waals surface area (Å²) in [5.74, 6) is -2.05. The first-order valence-electron chi connectivity index (χ1n) is 34.7. The third-order valence-electron chi connectivity index (χ3n) is 19.9. The van der Waals surface area contributed by atoms with Crippen LogP contribution < -0.4 is 0 Å². The highest BCUT2D eigenvalue weighted by Crippen LogP contribution is 2.57. The van der Waals surface area contributed by atoms with E-state index in [-0.39, 0.29) is 64.8 Å². The standard InChI is InChI=1S/C78H84F4N2O4S8/c1-11-19-23-43(15-5)32-59-53(81)37-61(93-59)65-49-31-41(9)89-70(49)66(62-38-54(82)60(94-62)33-44(16-6)24-20-12-2)50-36-63(95-71(50)65)74-69-68(77(87)84(78(69)88)40-46(18-8)26-22-14-4)73(96-74)58-30-28-56(92-58)48-35-51(79)47(34-52(48)80)55-27-29-57(91-55)72-67-64(42(10)90-72)75(85)83(76(67)86)39-45(17-7)25-21-13-3/h27-31,34-38,43-46H,11-26,32-33,39-40H2,1-10H3. The molecule has 10 aromatic rings. The molecule has 18 heteroatoms. The Morgan fingerprint density at radius 2 is 0.750 bits per heavy atom. The van der Waals surface area contributed by atoms with Crippen LogP contribution in [0.2, 0.25) is 0 Å². The number of fused-ring (bicyclic) bond motifs is 4. The van der Waals surface area contributed by atoms with Crippen molar-refractivity contribution >= 4 is 134 Å². The highest BCUT2D eigenvalue weighted by Gasteiger charge is 2.45. The third-order valence-corrected chi connectivity index (χ3v) is 29.5. The van der Waals surface area contributed by atoms with Crippen molar-refractivity contribution in [2.45, 2.75) is 185 Å². The molecule has 2 aliphatic heterocycles. The Kier molecular flexibility index (Phi) is 22.1. The lowest BCUT2D eigenvalue weighted by molar-refractivity contribution is 0.0609. The molecule has 0 aliphatic carbocycles. The largest absolute Gasteiger partial charge is 0.274 e. The number of carbonyl (C=O) groups is 4. The van der Waals surface area contributed by atoms with E-state index in [9.17, 15) is 9.59 Å². The molecule has 8 aromatic heterocycles. The van der Waals surface area contributed by atoms with E-state index in [0.29, 0.717) is 87.6 Å². The molecule has 10 heterocycles. The second-order valence-corrected chi connectivity index (χ2v) is 35.4. The molecule has 12 rings (SSSR count). The number of hydrogen-bond acceptors (Lipinski definition) is 12. The average Bonchev–Trinajstić information content (AvgIpc) is 1.55. The second-order valence-electron chi connectivity index (χ2n) is 26.4. The number of benzene rings is 2. The molecule has 0 bridgehead atoms. The predicted molar refractivity (Wildman–Crippen MR) is 403 cm³/mol. The quantitative estimate of drug-likeness (QED) is 0.0321. The van der Waals surface area contributed by atoms with E-state index >= 15 is 27.2 Å². The SMILES string of the molecule is CCCCC(CC)Cc1sc(-c2c3cc(-c4sc(-c5ccc(-c6cc(F)c(-c7ccc(-c8sc(C)c9c8C(=O)N(CC(CC)CCCC)C9=O)s7)cc6F)s5)c5c4C(=O)N(CC(CC)CCCC)C5=O)sc3c(-c3cc(F)c(CC(CC)CCCC)s3)c3cc(C)sc23)cc1F. The highest BCUT2D eigenvalue weighted by atomic mass is 32.1. The monoisotopic (exact) mass is 1440 g/mol. The summed E-state index contributed by atoms with van der Waals surface area (Å²) in [5.41, 5.74) is 3.35. The zero-order valence-electron chi connectivity index (χ0n) is 56.5. The van der Waals surface area contributed by atoms with Crippen molar-refractivity contribution in [2.75, 3.05) is 13.1 Å². The number of rotatable bonds is 31. The van der Waals surface area contributed by atoms with Crippen molar-refractivity contribution in [3.8, 4) is 71.0 Å². The second kappa shape index (κ2) is 30.2. The van der Waals surface area contributed by atoms with Crippen LogP contribution in [-0.2, 0) is 12.8 Å². The van der Waals surface area contributed by atoms with Crippen molar-refractivity contribution < 1.29 is 36.7 Å². The lowest BCUT2D eigenvalue weighted by atomic mass is 9.95. The fourth-order valence-corrected chi connectivity index (χ4v) is 23.9. The summed E-state index contributed by atoms with van der Waals surface area (Å²) in [7, 11) is 0. The van der Waals surface area contributed by atoms with Crippen LogP contribution in [0.25, 0.3) is 91.2 Å². The first-order chi connectivity index (χ1) is 46.4. The zero-order valence-corrected chi connectivity index (χ0v) is 63.1. The molecule has 0 spiro atoms. The highest BCUT2D eigenvalue weighted by molar-refractivity contribution is 7.30. The van der Waals surface area contributed by atoms with Gasteiger partial charge in [0.2, 0.25) is 0 Å². The van der Waals surface area contributed by atoms with E-state index in [1.807, 2.05) is 19.1 Å². The molecule has 96 heavy (non-hydrogen) atoms. The molecule has 0 N–H and O–H groups in total. The molecule has 0 radical (unpaired) electrons. The summed E-state index contributed by atoms with van der Waals surface area (Å²) in [4.78, 5) is 71.1. The van der Waals surface area contributed by atoms with Gasteiger partial charge in [-0.1, -0.05) is 145 Å². The molecule has 6 nitrogen and oxygen atoms in total. The maximum atomic E-state index is 16.9. The van der Waals surface area contributed by atoms with Crippen LogP contribution in [0, 0.1) is 60.8 Å². The van der Waals surface area contributed by atoms with Gasteiger partial charge >= 0.3 is 0 Å². The predicted octanol–water partition coefficient (Wildman–Crippen LogP) is 26.5. The Morgan fingerprint density at radius 3 is 1.20 bits per heavy atom. The summed E-state index contributed by atoms with van der Waals surface area (Å²) in [5, 5.41) is 1.84. The van der Waals surface area contributed by atoms with Crippen molar-refractivity contribution in [3.05, 3.63) is 126 Å². The summed E-state index contributed by atoms with van der Waals surface area (Å²) in [6.07, 6.45) is 17.0. The first-order valence-corrected chi connectivity index (χ1v) is 41.2. The fourth-order valence-electron chi connectivity index (χ4n) is 14.1. The van der Waals surface area contributed by atoms with Crippen LogP contribution in [0.1, 0.15) is 219 Å². The smallest absolute Gasteiger partial charge is 0.263 e. The van der Waals surface area contributed by atoms with Gasteiger partial charge in [-0.25, -0.2) is 17.6 Å². The lowest BCUT2D eigenvalue weighted by Gasteiger charge is -2.21. The number of amides is 4. The molecule has 0 saturated carbocycles. The molecule has 4 unspecified atom stereocenters. The molecule has 2 aromatic carbocycles. The maximum absolute atomic E-state index is 16.9. The van der Waals surface area contributed by atoms with Crippen molar-refractivity contribution in [1.82, 2.24) is 9.80 Å². The topological polar surface area (TPSA) is 74.8 Å². The van der Waals surface area contributed by atoms with Crippen LogP contribution in [0.15, 0.2) is 60.7 Å². The van der Waals surface area contributed by atoms with Crippen molar-refractivity contribution in [1.29, 1.82) is 0 Å². The summed E-state index contributed by atoms with van der Waals surface area (Å²) in [6.45, 7) is 21.8. The molecule has 4 atom stereocenters. The van der Waals surface area contributed by atoms with Gasteiger partial charge in [0.05, 0.1) is 36.9 Å². The molecular formula is C78H84F4N2O4S8. The number of halogens is 4. The average molecular weight is 1450 g/mol. The lowest BCUT2D eigenvalue weighted by Crippen LogP contribution is -2.34. The van der Waals surface area contributed by atoms with Crippen LogP contribution in [0.4, 0.5) is 17.6 Å². The van der Waals surface area contributed by atoms with Crippen LogP contribution in [0.5, 0.6) is 0 Å². The molecule has 4 amide bonds. The number of hydrogen-bond donors (Lipinski definition) is 0. The minimum absolute atomic E-state index is 0.0436. The number of carbonyl (C=O) groups excluding carboxylic acids is 4. The normalized spacial score (nSPS) is 14.6. The van der Waals surface area contributed by atoms with Crippen LogP contribution in [0.3, 0.4) is 0 Å². The molecule has 0 saturated heterocycles. The van der Waals surface area contributed by atoms with E-state index in [4.69, 9.17) is 0 Å². The fraction of sp³-hybridized carbons (Fsp3) is 0.436. The van der Waals surface area contributed by atoms with E-state index in [2.05, 4.69) is 74.4 Å². The summed E-state index contributed by atoms with van der Waals surface area (Å²) >= 11 is 11.4. The van der Waals surface area contributed by atoms with E-state index in [1.165, 1.54) is 101 Å². The molecule has 0 fully saturated rings. The van der Waals surface area contributed by atoms with Gasteiger partial charge in [0.1, 0.15) is 23.3 Å². The van der Waals surface area contributed by atoms with Gasteiger partial charge in [-0.3, -0.25) is 29.0 Å². The minimum Gasteiger partial charge on any atom is -0.274 e. The summed E-state index contributed by atoms with van der Waals surface area (Å²) < 4.78 is 69.0. The Balaban J connectivity index is 0.957. The first kappa shape index (κ1) is 70.4. The molecule has 2 aliphatic rings. The van der Waals surface area contributed by atoms with Crippen molar-refractivity contribution in [3.63, 3.8) is 0 Å². The van der Waals surface area contributed by atoms with Gasteiger partial charge in [-0.15, -0.1) is 90.7 Å². The number of unbranched alkanes of at least 4 members (excludes halogenated alkanes) is 4. The van der Waals surface area contributed by atoms with Gasteiger partial charge < -0.3 is 0 Å². The number of aryl methyl sites for hydroxylation is 2. The zero-order chi connectivity index (χ0) is 68.0. The van der Waals surface area contributed by atoms with Crippen LogP contribution >= 0.6 is 90.7 Å². The van der Waals surface area contributed by atoms with Gasteiger partial charge in [0.25, 0.3) is 23.6 Å². The van der Waals surface area contributed by atoms with E-state index in [1.54, 1.807) is 35.6 Å². The Hall–Kier alpha value is -5.44. The van der Waals surface area contributed by atoms with E-state index < -0.39 is 11.6 Å². The van der Waals surface area contributed by atoms with Gasteiger partial charge in [0, 0.05) is 109 Å². The maximum Gasteiger partial charge on any atom is 0.263 e.